The van der Waals surface area contributed by atoms with Gasteiger partial charge in [0.15, 0.2) is 0 Å². The largest absolute Gasteiger partial charge is 0.489 e. The summed E-state index contributed by atoms with van der Waals surface area (Å²) in [7, 11) is 0. The quantitative estimate of drug-likeness (QED) is 0.866. The Hall–Kier alpha value is -2.20. The Balaban J connectivity index is 1.45. The van der Waals surface area contributed by atoms with E-state index in [4.69, 9.17) is 9.72 Å². The molecule has 0 radical (unpaired) electrons. The second-order valence-electron chi connectivity index (χ2n) is 6.60. The maximum absolute atomic E-state index is 5.87. The Kier molecular flexibility index (Phi) is 4.30. The summed E-state index contributed by atoms with van der Waals surface area (Å²) in [6.45, 7) is 5.79. The molecule has 4 heteroatoms. The Labute approximate surface area is 143 Å². The van der Waals surface area contributed by atoms with E-state index in [1.165, 1.54) is 22.4 Å². The summed E-state index contributed by atoms with van der Waals surface area (Å²) in [5.41, 5.74) is 5.03. The molecule has 2 aromatic rings. The number of aryl methyl sites for hydroxylation is 1. The van der Waals surface area contributed by atoms with Crippen molar-refractivity contribution in [2.75, 3.05) is 19.7 Å². The van der Waals surface area contributed by atoms with Gasteiger partial charge in [0, 0.05) is 55.5 Å². The number of hydrogen-bond donors (Lipinski definition) is 0. The van der Waals surface area contributed by atoms with Crippen LogP contribution in [0.2, 0.25) is 0 Å². The molecular weight excluding hydrogens is 298 g/mol. The second-order valence-corrected chi connectivity index (χ2v) is 6.60. The van der Waals surface area contributed by atoms with E-state index in [9.17, 15) is 0 Å². The molecule has 3 heterocycles. The number of rotatable bonds is 4. The molecule has 24 heavy (non-hydrogen) atoms. The van der Waals surface area contributed by atoms with Gasteiger partial charge in [-0.15, -0.1) is 0 Å². The lowest BCUT2D eigenvalue weighted by molar-refractivity contribution is 0.254. The van der Waals surface area contributed by atoms with Crippen LogP contribution >= 0.6 is 0 Å². The van der Waals surface area contributed by atoms with Gasteiger partial charge in [0.25, 0.3) is 0 Å². The van der Waals surface area contributed by atoms with Crippen molar-refractivity contribution in [3.63, 3.8) is 0 Å². The molecule has 4 nitrogen and oxygen atoms in total. The first kappa shape index (κ1) is 15.3. The molecule has 0 spiro atoms. The van der Waals surface area contributed by atoms with Crippen molar-refractivity contribution in [3.05, 3.63) is 58.7 Å². The summed E-state index contributed by atoms with van der Waals surface area (Å²) >= 11 is 0. The predicted octanol–water partition coefficient (Wildman–Crippen LogP) is 3.26. The normalized spacial score (nSPS) is 16.8. The van der Waals surface area contributed by atoms with Crippen LogP contribution in [-0.4, -0.2) is 34.6 Å². The maximum atomic E-state index is 5.87. The van der Waals surface area contributed by atoms with Gasteiger partial charge in [-0.2, -0.15) is 0 Å². The van der Waals surface area contributed by atoms with Crippen LogP contribution in [0.5, 0.6) is 5.75 Å². The Bertz CT molecular complexity index is 769. The molecule has 1 aromatic heterocycles. The summed E-state index contributed by atoms with van der Waals surface area (Å²) in [6, 6.07) is 8.23. The van der Waals surface area contributed by atoms with Crippen molar-refractivity contribution in [3.8, 4) is 5.75 Å². The minimum atomic E-state index is 0.687. The lowest BCUT2D eigenvalue weighted by atomic mass is 10.0. The zero-order valence-electron chi connectivity index (χ0n) is 14.2. The van der Waals surface area contributed by atoms with E-state index in [0.717, 1.165) is 50.5 Å². The number of aromatic nitrogens is 2. The van der Waals surface area contributed by atoms with Gasteiger partial charge in [-0.1, -0.05) is 25.1 Å². The molecule has 0 amide bonds. The summed E-state index contributed by atoms with van der Waals surface area (Å²) in [5, 5.41) is 0. The lowest BCUT2D eigenvalue weighted by Gasteiger charge is -2.30. The third-order valence-corrected chi connectivity index (χ3v) is 4.65. The molecule has 0 N–H and O–H groups in total. The third-order valence-electron chi connectivity index (χ3n) is 4.65. The van der Waals surface area contributed by atoms with E-state index < -0.39 is 0 Å². The molecule has 4 rings (SSSR count). The van der Waals surface area contributed by atoms with Gasteiger partial charge in [0.1, 0.15) is 18.2 Å². The smallest absolute Gasteiger partial charge is 0.128 e. The number of hydrogen-bond acceptors (Lipinski definition) is 4. The SMILES string of the molecule is CCCc1ncc2c(n1)CCN(CC1=Cc3ccccc3OC1)C2. The van der Waals surface area contributed by atoms with Crippen LogP contribution in [-0.2, 0) is 19.4 Å². The molecule has 0 saturated heterocycles. The first-order chi connectivity index (χ1) is 11.8. The van der Waals surface area contributed by atoms with E-state index in [-0.39, 0.29) is 0 Å². The van der Waals surface area contributed by atoms with Crippen molar-refractivity contribution >= 4 is 6.08 Å². The van der Waals surface area contributed by atoms with Crippen LogP contribution in [0.25, 0.3) is 6.08 Å². The zero-order chi connectivity index (χ0) is 16.4. The molecule has 0 fully saturated rings. The molecule has 0 atom stereocenters. The van der Waals surface area contributed by atoms with Gasteiger partial charge in [0.05, 0.1) is 0 Å². The van der Waals surface area contributed by atoms with Crippen molar-refractivity contribution in [2.45, 2.75) is 32.7 Å². The monoisotopic (exact) mass is 321 g/mol. The topological polar surface area (TPSA) is 38.2 Å². The van der Waals surface area contributed by atoms with E-state index in [1.54, 1.807) is 0 Å². The van der Waals surface area contributed by atoms with Crippen LogP contribution in [0.3, 0.4) is 0 Å². The van der Waals surface area contributed by atoms with Crippen LogP contribution in [0.1, 0.15) is 36.0 Å². The summed E-state index contributed by atoms with van der Waals surface area (Å²) in [6.07, 6.45) is 7.39. The van der Waals surface area contributed by atoms with Crippen molar-refractivity contribution in [2.24, 2.45) is 0 Å². The fourth-order valence-corrected chi connectivity index (χ4v) is 3.44. The molecule has 2 aliphatic heterocycles. The van der Waals surface area contributed by atoms with Crippen LogP contribution in [0, 0.1) is 0 Å². The number of para-hydroxylation sites is 1. The van der Waals surface area contributed by atoms with E-state index in [1.807, 2.05) is 18.3 Å². The molecule has 2 aliphatic rings. The van der Waals surface area contributed by atoms with Crippen LogP contribution in [0.4, 0.5) is 0 Å². The summed E-state index contributed by atoms with van der Waals surface area (Å²) < 4.78 is 5.87. The molecular formula is C20H23N3O. The number of benzene rings is 1. The van der Waals surface area contributed by atoms with Crippen molar-refractivity contribution < 1.29 is 4.74 Å². The highest BCUT2D eigenvalue weighted by atomic mass is 16.5. The predicted molar refractivity (Wildman–Crippen MR) is 94.9 cm³/mol. The minimum absolute atomic E-state index is 0.687. The van der Waals surface area contributed by atoms with Gasteiger partial charge in [-0.25, -0.2) is 9.97 Å². The van der Waals surface area contributed by atoms with Gasteiger partial charge >= 0.3 is 0 Å². The first-order valence-electron chi connectivity index (χ1n) is 8.79. The third kappa shape index (κ3) is 3.20. The van der Waals surface area contributed by atoms with Crippen LogP contribution < -0.4 is 4.74 Å². The minimum Gasteiger partial charge on any atom is -0.489 e. The molecule has 124 valence electrons. The number of ether oxygens (including phenoxy) is 1. The Morgan fingerprint density at radius 1 is 1.25 bits per heavy atom. The van der Waals surface area contributed by atoms with Crippen molar-refractivity contribution in [1.82, 2.24) is 14.9 Å². The summed E-state index contributed by atoms with van der Waals surface area (Å²) in [4.78, 5) is 11.7. The highest BCUT2D eigenvalue weighted by Gasteiger charge is 2.20. The fraction of sp³-hybridized carbons (Fsp3) is 0.400. The second kappa shape index (κ2) is 6.73. The molecule has 0 saturated carbocycles. The highest BCUT2D eigenvalue weighted by Crippen LogP contribution is 2.27. The Morgan fingerprint density at radius 2 is 2.17 bits per heavy atom. The van der Waals surface area contributed by atoms with Crippen molar-refractivity contribution in [1.29, 1.82) is 0 Å². The van der Waals surface area contributed by atoms with Gasteiger partial charge in [0.2, 0.25) is 0 Å². The average Bonchev–Trinajstić information content (AvgIpc) is 2.62. The molecule has 1 aromatic carbocycles. The van der Waals surface area contributed by atoms with E-state index in [0.29, 0.717) is 6.61 Å². The number of nitrogens with zero attached hydrogens (tertiary/aromatic N) is 3. The zero-order valence-corrected chi connectivity index (χ0v) is 14.2. The van der Waals surface area contributed by atoms with Crippen LogP contribution in [0.15, 0.2) is 36.0 Å². The molecule has 0 unspecified atom stereocenters. The highest BCUT2D eigenvalue weighted by molar-refractivity contribution is 5.62. The van der Waals surface area contributed by atoms with Gasteiger partial charge < -0.3 is 4.74 Å². The fourth-order valence-electron chi connectivity index (χ4n) is 3.44. The number of fused-ring (bicyclic) bond motifs is 2. The van der Waals surface area contributed by atoms with Gasteiger partial charge in [-0.3, -0.25) is 4.90 Å². The summed E-state index contributed by atoms with van der Waals surface area (Å²) in [5.74, 6) is 1.98. The molecule has 0 aliphatic carbocycles. The maximum Gasteiger partial charge on any atom is 0.128 e. The van der Waals surface area contributed by atoms with E-state index >= 15 is 0 Å². The first-order valence-corrected chi connectivity index (χ1v) is 8.79. The lowest BCUT2D eigenvalue weighted by Crippen LogP contribution is -2.34. The Morgan fingerprint density at radius 3 is 3.08 bits per heavy atom. The standard InChI is InChI=1S/C20H23N3O/c1-2-5-20-21-11-17-13-23(9-8-18(17)22-20)12-15-10-16-6-3-4-7-19(16)24-14-15/h3-4,6-7,10-11H,2,5,8-9,12-14H2,1H3. The van der Waals surface area contributed by atoms with E-state index in [2.05, 4.69) is 35.0 Å². The average molecular weight is 321 g/mol. The van der Waals surface area contributed by atoms with Gasteiger partial charge in [-0.05, 0) is 24.1 Å². The molecule has 0 bridgehead atoms.